The van der Waals surface area contributed by atoms with Gasteiger partial charge >= 0.3 is 6.18 Å². The number of thiophene rings is 1. The molecule has 1 N–H and O–H groups in total. The molecule has 86 valence electrons. The van der Waals surface area contributed by atoms with Crippen LogP contribution in [0.3, 0.4) is 0 Å². The van der Waals surface area contributed by atoms with Crippen LogP contribution >= 0.6 is 11.3 Å². The first-order valence-corrected chi connectivity index (χ1v) is 5.56. The molecule has 0 bridgehead atoms. The molecule has 0 saturated heterocycles. The number of aliphatic hydroxyl groups is 1. The van der Waals surface area contributed by atoms with Crippen molar-refractivity contribution in [3.63, 3.8) is 0 Å². The molecule has 1 heterocycles. The maximum atomic E-state index is 12.2. The predicted molar refractivity (Wildman–Crippen MR) is 57.6 cm³/mol. The predicted octanol–water partition coefficient (Wildman–Crippen LogP) is 3.37. The molecule has 5 heteroatoms. The molecule has 0 saturated carbocycles. The maximum absolute atomic E-state index is 12.2. The van der Waals surface area contributed by atoms with Gasteiger partial charge in [-0.2, -0.15) is 13.2 Å². The summed E-state index contributed by atoms with van der Waals surface area (Å²) in [7, 11) is 0. The van der Waals surface area contributed by atoms with Crippen LogP contribution in [0, 0.1) is 0 Å². The monoisotopic (exact) mass is 246 g/mol. The van der Waals surface area contributed by atoms with Gasteiger partial charge in [-0.05, 0) is 22.4 Å². The average Bonchev–Trinajstić information content (AvgIpc) is 2.61. The SMILES string of the molecule is O[C@H](Cc1csc2ccccc12)C(F)(F)F. The molecule has 2 aromatic rings. The molecule has 0 radical (unpaired) electrons. The second-order valence-electron chi connectivity index (χ2n) is 3.52. The molecule has 0 aliphatic rings. The molecule has 2 rings (SSSR count). The highest BCUT2D eigenvalue weighted by atomic mass is 32.1. The zero-order valence-corrected chi connectivity index (χ0v) is 8.98. The van der Waals surface area contributed by atoms with Crippen LogP contribution in [0.5, 0.6) is 0 Å². The fraction of sp³-hybridized carbons (Fsp3) is 0.273. The largest absolute Gasteiger partial charge is 0.414 e. The Morgan fingerprint density at radius 3 is 2.62 bits per heavy atom. The number of benzene rings is 1. The Labute approximate surface area is 94.1 Å². The molecule has 0 spiro atoms. The molecule has 16 heavy (non-hydrogen) atoms. The summed E-state index contributed by atoms with van der Waals surface area (Å²) in [6.07, 6.45) is -7.22. The van der Waals surface area contributed by atoms with E-state index in [2.05, 4.69) is 0 Å². The summed E-state index contributed by atoms with van der Waals surface area (Å²) in [5, 5.41) is 11.5. The Kier molecular flexibility index (Phi) is 2.90. The van der Waals surface area contributed by atoms with Gasteiger partial charge in [0, 0.05) is 11.1 Å². The van der Waals surface area contributed by atoms with Crippen LogP contribution in [-0.2, 0) is 6.42 Å². The van der Waals surface area contributed by atoms with E-state index in [1.807, 2.05) is 12.1 Å². The third-order valence-electron chi connectivity index (χ3n) is 2.35. The number of hydrogen-bond acceptors (Lipinski definition) is 2. The van der Waals surface area contributed by atoms with Crippen molar-refractivity contribution in [3.05, 3.63) is 35.2 Å². The Balaban J connectivity index is 2.28. The van der Waals surface area contributed by atoms with E-state index in [-0.39, 0.29) is 6.42 Å². The average molecular weight is 246 g/mol. The minimum Gasteiger partial charge on any atom is -0.383 e. The van der Waals surface area contributed by atoms with Crippen molar-refractivity contribution in [2.24, 2.45) is 0 Å². The first-order valence-electron chi connectivity index (χ1n) is 4.68. The molecule has 0 aliphatic heterocycles. The van der Waals surface area contributed by atoms with Gasteiger partial charge in [0.1, 0.15) is 0 Å². The van der Waals surface area contributed by atoms with Gasteiger partial charge in [0.25, 0.3) is 0 Å². The van der Waals surface area contributed by atoms with Crippen LogP contribution in [0.4, 0.5) is 13.2 Å². The maximum Gasteiger partial charge on any atom is 0.414 e. The summed E-state index contributed by atoms with van der Waals surface area (Å²) in [5.74, 6) is 0. The highest BCUT2D eigenvalue weighted by molar-refractivity contribution is 7.17. The van der Waals surface area contributed by atoms with E-state index in [1.54, 1.807) is 17.5 Å². The second-order valence-corrected chi connectivity index (χ2v) is 4.43. The lowest BCUT2D eigenvalue weighted by Gasteiger charge is -2.13. The van der Waals surface area contributed by atoms with Gasteiger partial charge < -0.3 is 5.11 Å². The summed E-state index contributed by atoms with van der Waals surface area (Å²) in [5.41, 5.74) is 0.547. The Morgan fingerprint density at radius 2 is 1.94 bits per heavy atom. The van der Waals surface area contributed by atoms with Crippen molar-refractivity contribution in [1.29, 1.82) is 0 Å². The van der Waals surface area contributed by atoms with E-state index >= 15 is 0 Å². The Hall–Kier alpha value is -1.07. The van der Waals surface area contributed by atoms with Crippen LogP contribution in [-0.4, -0.2) is 17.4 Å². The van der Waals surface area contributed by atoms with E-state index in [9.17, 15) is 13.2 Å². The smallest absolute Gasteiger partial charge is 0.383 e. The summed E-state index contributed by atoms with van der Waals surface area (Å²) in [6, 6.07) is 7.23. The molecule has 0 amide bonds. The van der Waals surface area contributed by atoms with Crippen molar-refractivity contribution in [1.82, 2.24) is 0 Å². The standard InChI is InChI=1S/C11H9F3OS/c12-11(13,14)10(15)5-7-6-16-9-4-2-1-3-8(7)9/h1-4,6,10,15H,5H2/t10-/m1/s1. The summed E-state index contributed by atoms with van der Waals surface area (Å²) in [6.45, 7) is 0. The second kappa shape index (κ2) is 4.07. The van der Waals surface area contributed by atoms with Gasteiger partial charge in [-0.15, -0.1) is 11.3 Å². The third kappa shape index (κ3) is 2.20. The lowest BCUT2D eigenvalue weighted by molar-refractivity contribution is -0.202. The highest BCUT2D eigenvalue weighted by Gasteiger charge is 2.38. The van der Waals surface area contributed by atoms with Crippen molar-refractivity contribution in [2.45, 2.75) is 18.7 Å². The summed E-state index contributed by atoms with van der Waals surface area (Å²) < 4.78 is 37.5. The highest BCUT2D eigenvalue weighted by Crippen LogP contribution is 2.30. The Bertz CT molecular complexity index is 489. The minimum absolute atomic E-state index is 0.381. The molecule has 0 fully saturated rings. The third-order valence-corrected chi connectivity index (χ3v) is 3.36. The lowest BCUT2D eigenvalue weighted by Crippen LogP contribution is -2.30. The van der Waals surface area contributed by atoms with Crippen molar-refractivity contribution >= 4 is 21.4 Å². The molecule has 1 atom stereocenters. The molecule has 1 aromatic heterocycles. The molecular weight excluding hydrogens is 237 g/mol. The van der Waals surface area contributed by atoms with Gasteiger partial charge in [-0.25, -0.2) is 0 Å². The number of halogens is 3. The van der Waals surface area contributed by atoms with Gasteiger partial charge in [-0.1, -0.05) is 18.2 Å². The molecule has 0 aliphatic carbocycles. The fourth-order valence-electron chi connectivity index (χ4n) is 1.51. The fourth-order valence-corrected chi connectivity index (χ4v) is 2.49. The Morgan fingerprint density at radius 1 is 1.25 bits per heavy atom. The van der Waals surface area contributed by atoms with Crippen LogP contribution in [0.25, 0.3) is 10.1 Å². The topological polar surface area (TPSA) is 20.2 Å². The number of rotatable bonds is 2. The van der Waals surface area contributed by atoms with E-state index in [0.717, 1.165) is 10.1 Å². The summed E-state index contributed by atoms with van der Waals surface area (Å²) in [4.78, 5) is 0. The van der Waals surface area contributed by atoms with Crippen LogP contribution in [0.2, 0.25) is 0 Å². The van der Waals surface area contributed by atoms with Crippen LogP contribution in [0.15, 0.2) is 29.6 Å². The zero-order valence-electron chi connectivity index (χ0n) is 8.16. The van der Waals surface area contributed by atoms with Crippen molar-refractivity contribution in [3.8, 4) is 0 Å². The quantitative estimate of drug-likeness (QED) is 0.861. The lowest BCUT2D eigenvalue weighted by atomic mass is 10.1. The minimum atomic E-state index is -4.55. The van der Waals surface area contributed by atoms with Gasteiger partial charge in [0.05, 0.1) is 0 Å². The first-order chi connectivity index (χ1) is 7.48. The van der Waals surface area contributed by atoms with E-state index < -0.39 is 12.3 Å². The van der Waals surface area contributed by atoms with Gasteiger partial charge in [0.2, 0.25) is 0 Å². The molecule has 1 nitrogen and oxygen atoms in total. The van der Waals surface area contributed by atoms with Crippen molar-refractivity contribution < 1.29 is 18.3 Å². The van der Waals surface area contributed by atoms with Crippen LogP contribution in [0.1, 0.15) is 5.56 Å². The van der Waals surface area contributed by atoms with Gasteiger partial charge in [-0.3, -0.25) is 0 Å². The molecule has 1 aromatic carbocycles. The van der Waals surface area contributed by atoms with E-state index in [1.165, 1.54) is 11.3 Å². The van der Waals surface area contributed by atoms with Crippen LogP contribution < -0.4 is 0 Å². The van der Waals surface area contributed by atoms with E-state index in [0.29, 0.717) is 5.56 Å². The first kappa shape index (κ1) is 11.4. The summed E-state index contributed by atoms with van der Waals surface area (Å²) >= 11 is 1.39. The zero-order chi connectivity index (χ0) is 11.8. The number of alkyl halides is 3. The number of hydrogen-bond donors (Lipinski definition) is 1. The number of fused-ring (bicyclic) bond motifs is 1. The van der Waals surface area contributed by atoms with Gasteiger partial charge in [0.15, 0.2) is 6.10 Å². The number of aliphatic hydroxyl groups excluding tert-OH is 1. The molecular formula is C11H9F3OS. The van der Waals surface area contributed by atoms with Crippen molar-refractivity contribution in [2.75, 3.05) is 0 Å². The molecule has 0 unspecified atom stereocenters. The van der Waals surface area contributed by atoms with E-state index in [4.69, 9.17) is 5.11 Å². The normalized spacial score (nSPS) is 14.2.